The van der Waals surface area contributed by atoms with Gasteiger partial charge in [0.1, 0.15) is 11.9 Å². The Morgan fingerprint density at radius 1 is 1.09 bits per heavy atom. The lowest BCUT2D eigenvalue weighted by molar-refractivity contribution is -0.198. The molecule has 1 aliphatic heterocycles. The van der Waals surface area contributed by atoms with E-state index in [0.717, 1.165) is 19.3 Å². The number of carbonyl (C=O) groups excluding carboxylic acids is 2. The first-order valence-electron chi connectivity index (χ1n) is 11.7. The molecule has 1 saturated carbocycles. The number of ether oxygens (including phenoxy) is 1. The van der Waals surface area contributed by atoms with Gasteiger partial charge in [-0.2, -0.15) is 0 Å². The van der Waals surface area contributed by atoms with E-state index in [1.165, 1.54) is 50.6 Å². The Morgan fingerprint density at radius 3 is 2.56 bits per heavy atom. The molecule has 3 N–H and O–H groups in total. The van der Waals surface area contributed by atoms with Crippen molar-refractivity contribution >= 4 is 23.7 Å². The molecule has 0 bridgehead atoms. The highest BCUT2D eigenvalue weighted by atomic mass is 16.8. The number of hydrogen-bond donors (Lipinski definition) is 3. The molecule has 176 valence electrons. The summed E-state index contributed by atoms with van der Waals surface area (Å²) >= 11 is 0. The number of nitrogens with zero attached hydrogens (tertiary/aromatic N) is 2. The van der Waals surface area contributed by atoms with Gasteiger partial charge in [-0.1, -0.05) is 19.3 Å². The normalized spacial score (nSPS) is 21.6. The van der Waals surface area contributed by atoms with Crippen LogP contribution < -0.4 is 16.1 Å². The van der Waals surface area contributed by atoms with Crippen LogP contribution >= 0.6 is 0 Å². The number of nitrogens with one attached hydrogen (secondary N) is 3. The van der Waals surface area contributed by atoms with Gasteiger partial charge in [-0.25, -0.2) is 15.3 Å². The molecule has 1 aromatic heterocycles. The van der Waals surface area contributed by atoms with Crippen LogP contribution in [0.25, 0.3) is 6.08 Å². The summed E-state index contributed by atoms with van der Waals surface area (Å²) in [6.07, 6.45) is 14.5. The van der Waals surface area contributed by atoms with E-state index in [9.17, 15) is 9.59 Å². The molecule has 1 aliphatic carbocycles. The van der Waals surface area contributed by atoms with Crippen LogP contribution in [0.4, 0.5) is 5.82 Å². The smallest absolute Gasteiger partial charge is 0.267 e. The summed E-state index contributed by atoms with van der Waals surface area (Å²) in [6, 6.07) is -0.257. The van der Waals surface area contributed by atoms with Crippen LogP contribution in [0, 0.1) is 5.92 Å². The zero-order valence-corrected chi connectivity index (χ0v) is 19.0. The molecule has 1 unspecified atom stereocenters. The Morgan fingerprint density at radius 2 is 1.88 bits per heavy atom. The number of hydrogen-bond acceptors (Lipinski definition) is 7. The van der Waals surface area contributed by atoms with Gasteiger partial charge in [0, 0.05) is 25.1 Å². The predicted molar refractivity (Wildman–Crippen MR) is 121 cm³/mol. The van der Waals surface area contributed by atoms with Crippen molar-refractivity contribution in [1.82, 2.24) is 20.8 Å². The van der Waals surface area contributed by atoms with Crippen LogP contribution in [0.2, 0.25) is 0 Å². The molecule has 1 saturated heterocycles. The number of hydroxylamine groups is 1. The lowest BCUT2D eigenvalue weighted by atomic mass is 9.84. The zero-order valence-electron chi connectivity index (χ0n) is 19.0. The third kappa shape index (κ3) is 7.87. The van der Waals surface area contributed by atoms with Gasteiger partial charge < -0.3 is 15.4 Å². The first-order chi connectivity index (χ1) is 15.5. The van der Waals surface area contributed by atoms with E-state index in [4.69, 9.17) is 9.57 Å². The van der Waals surface area contributed by atoms with Gasteiger partial charge in [-0.15, -0.1) is 0 Å². The maximum atomic E-state index is 12.5. The molecule has 32 heavy (non-hydrogen) atoms. The lowest BCUT2D eigenvalue weighted by Gasteiger charge is -2.29. The third-order valence-electron chi connectivity index (χ3n) is 5.99. The molecule has 2 amide bonds. The molecular weight excluding hydrogens is 410 g/mol. The van der Waals surface area contributed by atoms with E-state index in [1.807, 2.05) is 0 Å². The largest absolute Gasteiger partial charge is 0.357 e. The van der Waals surface area contributed by atoms with Crippen molar-refractivity contribution in [3.8, 4) is 0 Å². The van der Waals surface area contributed by atoms with E-state index in [0.29, 0.717) is 24.0 Å². The summed E-state index contributed by atoms with van der Waals surface area (Å²) < 4.78 is 5.39. The quantitative estimate of drug-likeness (QED) is 0.395. The highest BCUT2D eigenvalue weighted by molar-refractivity contribution is 5.90. The highest BCUT2D eigenvalue weighted by Gasteiger charge is 2.23. The summed E-state index contributed by atoms with van der Waals surface area (Å²) in [7, 11) is 0. The Bertz CT molecular complexity index is 758. The first kappa shape index (κ1) is 24.1. The van der Waals surface area contributed by atoms with Crippen molar-refractivity contribution in [3.63, 3.8) is 0 Å². The van der Waals surface area contributed by atoms with Gasteiger partial charge in [-0.05, 0) is 51.5 Å². The van der Waals surface area contributed by atoms with Crippen molar-refractivity contribution in [2.24, 2.45) is 5.92 Å². The molecule has 3 rings (SSSR count). The van der Waals surface area contributed by atoms with Crippen LogP contribution in [0.15, 0.2) is 18.5 Å². The van der Waals surface area contributed by atoms with E-state index in [-0.39, 0.29) is 11.9 Å². The zero-order chi connectivity index (χ0) is 22.8. The average Bonchev–Trinajstić information content (AvgIpc) is 2.83. The van der Waals surface area contributed by atoms with E-state index in [2.05, 4.69) is 33.0 Å². The number of aromatic nitrogens is 2. The third-order valence-corrected chi connectivity index (χ3v) is 5.99. The SMILES string of the molecule is C[C@H](NC(=O)[C@@H](C)Nc1cnc(/C=C/C(=O)NOC2CCCCO2)cn1)C1CCCCC1. The van der Waals surface area contributed by atoms with Crippen LogP contribution in [0.5, 0.6) is 0 Å². The number of amides is 2. The minimum absolute atomic E-state index is 0.0486. The standard InChI is InChI=1S/C23H35N5O4/c1-16(18-8-4-3-5-9-18)27-23(30)17(2)26-20-15-24-19(14-25-20)11-12-21(29)28-32-22-10-6-7-13-31-22/h11-12,14-18,22H,3-10,13H2,1-2H3,(H,25,26)(H,27,30)(H,28,29)/b12-11+/t16-,17+,22?/m0/s1. The molecule has 9 heteroatoms. The second kappa shape index (κ2) is 12.5. The van der Waals surface area contributed by atoms with Crippen LogP contribution in [-0.2, 0) is 19.2 Å². The molecule has 0 radical (unpaired) electrons. The second-order valence-electron chi connectivity index (χ2n) is 8.60. The van der Waals surface area contributed by atoms with E-state index >= 15 is 0 Å². The Hall–Kier alpha value is -2.52. The van der Waals surface area contributed by atoms with Crippen LogP contribution in [0.3, 0.4) is 0 Å². The Balaban J connectivity index is 1.40. The summed E-state index contributed by atoms with van der Waals surface area (Å²) in [5.41, 5.74) is 2.87. The summed E-state index contributed by atoms with van der Waals surface area (Å²) in [4.78, 5) is 38.2. The maximum Gasteiger partial charge on any atom is 0.267 e. The molecule has 0 spiro atoms. The summed E-state index contributed by atoms with van der Waals surface area (Å²) in [6.45, 7) is 4.54. The van der Waals surface area contributed by atoms with Crippen LogP contribution in [0.1, 0.15) is 70.9 Å². The van der Waals surface area contributed by atoms with Gasteiger partial charge in [0.05, 0.1) is 18.1 Å². The van der Waals surface area contributed by atoms with Crippen molar-refractivity contribution in [2.75, 3.05) is 11.9 Å². The molecule has 0 aromatic carbocycles. The Kier molecular flexibility index (Phi) is 9.43. The van der Waals surface area contributed by atoms with E-state index < -0.39 is 18.2 Å². The monoisotopic (exact) mass is 445 g/mol. The summed E-state index contributed by atoms with van der Waals surface area (Å²) in [5, 5.41) is 6.20. The fourth-order valence-corrected chi connectivity index (χ4v) is 4.01. The second-order valence-corrected chi connectivity index (χ2v) is 8.60. The van der Waals surface area contributed by atoms with Crippen molar-refractivity contribution in [2.45, 2.75) is 83.6 Å². The van der Waals surface area contributed by atoms with Gasteiger partial charge >= 0.3 is 0 Å². The first-order valence-corrected chi connectivity index (χ1v) is 11.7. The van der Waals surface area contributed by atoms with E-state index in [1.54, 1.807) is 13.0 Å². The van der Waals surface area contributed by atoms with Crippen molar-refractivity contribution in [1.29, 1.82) is 0 Å². The minimum atomic E-state index is -0.429. The van der Waals surface area contributed by atoms with Crippen molar-refractivity contribution < 1.29 is 19.2 Å². The lowest BCUT2D eigenvalue weighted by Crippen LogP contribution is -2.45. The molecular formula is C23H35N5O4. The van der Waals surface area contributed by atoms with Gasteiger partial charge in [0.25, 0.3) is 5.91 Å². The topological polar surface area (TPSA) is 114 Å². The fourth-order valence-electron chi connectivity index (χ4n) is 4.01. The minimum Gasteiger partial charge on any atom is -0.357 e. The molecule has 3 atom stereocenters. The maximum absolute atomic E-state index is 12.5. The van der Waals surface area contributed by atoms with Crippen molar-refractivity contribution in [3.05, 3.63) is 24.2 Å². The number of rotatable bonds is 9. The van der Waals surface area contributed by atoms with Gasteiger partial charge in [0.15, 0.2) is 6.29 Å². The fraction of sp³-hybridized carbons (Fsp3) is 0.652. The highest BCUT2D eigenvalue weighted by Crippen LogP contribution is 2.26. The summed E-state index contributed by atoms with van der Waals surface area (Å²) in [5.74, 6) is 0.605. The average molecular weight is 446 g/mol. The predicted octanol–water partition coefficient (Wildman–Crippen LogP) is 2.95. The molecule has 2 aliphatic rings. The van der Waals surface area contributed by atoms with Crippen LogP contribution in [-0.4, -0.2) is 46.8 Å². The number of anilines is 1. The molecule has 2 heterocycles. The van der Waals surface area contributed by atoms with Gasteiger partial charge in [-0.3, -0.25) is 14.6 Å². The molecule has 9 nitrogen and oxygen atoms in total. The number of carbonyl (C=O) groups is 2. The molecule has 1 aromatic rings. The van der Waals surface area contributed by atoms with Gasteiger partial charge in [0.2, 0.25) is 5.91 Å². The molecule has 2 fully saturated rings. The Labute approximate surface area is 189 Å².